The first-order valence-corrected chi connectivity index (χ1v) is 6.02. The van der Waals surface area contributed by atoms with E-state index >= 15 is 0 Å². The number of piperidine rings is 1. The number of aromatic nitrogens is 2. The number of hydrogen-bond donors (Lipinski definition) is 1. The number of halogens is 1. The first-order chi connectivity index (χ1) is 7.77. The van der Waals surface area contributed by atoms with Crippen LogP contribution in [0.5, 0.6) is 0 Å². The summed E-state index contributed by atoms with van der Waals surface area (Å²) in [6, 6.07) is 0. The second kappa shape index (κ2) is 5.46. The molecule has 0 atom stereocenters. The van der Waals surface area contributed by atoms with Crippen molar-refractivity contribution in [3.05, 3.63) is 17.5 Å². The highest BCUT2D eigenvalue weighted by atomic mass is 35.5. The molecule has 2 rings (SSSR count). The summed E-state index contributed by atoms with van der Waals surface area (Å²) in [7, 11) is 2.04. The fourth-order valence-corrected chi connectivity index (χ4v) is 2.37. The van der Waals surface area contributed by atoms with Crippen molar-refractivity contribution < 1.29 is 0 Å². The normalized spacial score (nSPS) is 17.4. The molecule has 4 nitrogen and oxygen atoms in total. The molecule has 0 aliphatic carbocycles. The summed E-state index contributed by atoms with van der Waals surface area (Å²) in [6.45, 7) is 3.25. The van der Waals surface area contributed by atoms with E-state index in [2.05, 4.69) is 20.2 Å². The molecule has 0 saturated carbocycles. The van der Waals surface area contributed by atoms with E-state index in [0.717, 1.165) is 31.4 Å². The van der Waals surface area contributed by atoms with E-state index in [-0.39, 0.29) is 0 Å². The minimum atomic E-state index is 0.624. The third-order valence-corrected chi connectivity index (χ3v) is 3.27. The zero-order valence-electron chi connectivity index (χ0n) is 9.49. The molecule has 5 heteroatoms. The van der Waals surface area contributed by atoms with E-state index in [0.29, 0.717) is 5.02 Å². The van der Waals surface area contributed by atoms with Gasteiger partial charge in [0.1, 0.15) is 11.3 Å². The Balaban J connectivity index is 1.96. The molecule has 0 amide bonds. The summed E-state index contributed by atoms with van der Waals surface area (Å²) in [5.41, 5.74) is 0. The highest BCUT2D eigenvalue weighted by molar-refractivity contribution is 6.32. The Morgan fingerprint density at radius 3 is 2.94 bits per heavy atom. The van der Waals surface area contributed by atoms with Crippen LogP contribution in [0, 0.1) is 5.92 Å². The SMILES string of the molecule is CN(CC1CCNCC1)c1ncncc1Cl. The Bertz CT molecular complexity index is 339. The molecule has 16 heavy (non-hydrogen) atoms. The lowest BCUT2D eigenvalue weighted by Crippen LogP contribution is -2.34. The van der Waals surface area contributed by atoms with Gasteiger partial charge in [-0.15, -0.1) is 0 Å². The first kappa shape index (κ1) is 11.6. The third kappa shape index (κ3) is 2.83. The van der Waals surface area contributed by atoms with E-state index in [4.69, 9.17) is 11.6 Å². The molecule has 1 aromatic heterocycles. The highest BCUT2D eigenvalue weighted by Crippen LogP contribution is 2.22. The molecule has 0 unspecified atom stereocenters. The second-order valence-corrected chi connectivity index (χ2v) is 4.68. The molecular formula is C11H17ClN4. The smallest absolute Gasteiger partial charge is 0.150 e. The predicted molar refractivity (Wildman–Crippen MR) is 65.9 cm³/mol. The van der Waals surface area contributed by atoms with Crippen molar-refractivity contribution in [2.75, 3.05) is 31.6 Å². The van der Waals surface area contributed by atoms with Gasteiger partial charge in [0.15, 0.2) is 5.82 Å². The van der Waals surface area contributed by atoms with Gasteiger partial charge in [-0.2, -0.15) is 0 Å². The van der Waals surface area contributed by atoms with Gasteiger partial charge in [0, 0.05) is 13.6 Å². The van der Waals surface area contributed by atoms with E-state index in [1.54, 1.807) is 12.5 Å². The third-order valence-electron chi connectivity index (χ3n) is 3.00. The largest absolute Gasteiger partial charge is 0.358 e. The van der Waals surface area contributed by atoms with Gasteiger partial charge in [0.25, 0.3) is 0 Å². The molecule has 0 aromatic carbocycles. The van der Waals surface area contributed by atoms with Crippen molar-refractivity contribution in [2.45, 2.75) is 12.8 Å². The van der Waals surface area contributed by atoms with Crippen LogP contribution in [0.1, 0.15) is 12.8 Å². The van der Waals surface area contributed by atoms with Gasteiger partial charge in [-0.3, -0.25) is 0 Å². The molecule has 88 valence electrons. The molecule has 1 aliphatic heterocycles. The Morgan fingerprint density at radius 1 is 1.50 bits per heavy atom. The van der Waals surface area contributed by atoms with Gasteiger partial charge in [-0.1, -0.05) is 11.6 Å². The zero-order chi connectivity index (χ0) is 11.4. The molecule has 0 bridgehead atoms. The average Bonchev–Trinajstić information content (AvgIpc) is 2.31. The van der Waals surface area contributed by atoms with Gasteiger partial charge in [0.2, 0.25) is 0 Å². The van der Waals surface area contributed by atoms with Crippen LogP contribution in [0.4, 0.5) is 5.82 Å². The van der Waals surface area contributed by atoms with Gasteiger partial charge >= 0.3 is 0 Å². The predicted octanol–water partition coefficient (Wildman–Crippen LogP) is 1.57. The van der Waals surface area contributed by atoms with E-state index < -0.39 is 0 Å². The van der Waals surface area contributed by atoms with Gasteiger partial charge in [0.05, 0.1) is 6.20 Å². The fraction of sp³-hybridized carbons (Fsp3) is 0.636. The van der Waals surface area contributed by atoms with Crippen LogP contribution in [-0.4, -0.2) is 36.6 Å². The van der Waals surface area contributed by atoms with Crippen molar-refractivity contribution in [3.63, 3.8) is 0 Å². The maximum Gasteiger partial charge on any atom is 0.150 e. The molecular weight excluding hydrogens is 224 g/mol. The maximum atomic E-state index is 6.06. The Morgan fingerprint density at radius 2 is 2.25 bits per heavy atom. The minimum absolute atomic E-state index is 0.624. The standard InChI is InChI=1S/C11H17ClN4/c1-16(7-9-2-4-13-5-3-9)11-10(12)6-14-8-15-11/h6,8-9,13H,2-5,7H2,1H3. The molecule has 1 aromatic rings. The molecule has 1 saturated heterocycles. The molecule has 1 N–H and O–H groups in total. The Kier molecular flexibility index (Phi) is 3.96. The van der Waals surface area contributed by atoms with E-state index in [1.165, 1.54) is 12.8 Å². The van der Waals surface area contributed by atoms with E-state index in [1.807, 2.05) is 7.05 Å². The van der Waals surface area contributed by atoms with Crippen LogP contribution >= 0.6 is 11.6 Å². The van der Waals surface area contributed by atoms with Crippen LogP contribution in [0.2, 0.25) is 5.02 Å². The van der Waals surface area contributed by atoms with Gasteiger partial charge in [-0.25, -0.2) is 9.97 Å². The van der Waals surface area contributed by atoms with Crippen molar-refractivity contribution in [2.24, 2.45) is 5.92 Å². The van der Waals surface area contributed by atoms with Crippen molar-refractivity contribution in [3.8, 4) is 0 Å². The first-order valence-electron chi connectivity index (χ1n) is 5.64. The summed E-state index contributed by atoms with van der Waals surface area (Å²) in [6.07, 6.45) is 5.64. The van der Waals surface area contributed by atoms with Crippen LogP contribution < -0.4 is 10.2 Å². The number of nitrogens with zero attached hydrogens (tertiary/aromatic N) is 3. The molecule has 2 heterocycles. The lowest BCUT2D eigenvalue weighted by Gasteiger charge is -2.28. The molecule has 1 aliphatic rings. The summed E-state index contributed by atoms with van der Waals surface area (Å²) in [5.74, 6) is 1.56. The van der Waals surface area contributed by atoms with Gasteiger partial charge < -0.3 is 10.2 Å². The fourth-order valence-electron chi connectivity index (χ4n) is 2.13. The Labute approximate surface area is 101 Å². The van der Waals surface area contributed by atoms with Crippen molar-refractivity contribution >= 4 is 17.4 Å². The summed E-state index contributed by atoms with van der Waals surface area (Å²) in [5, 5.41) is 3.99. The minimum Gasteiger partial charge on any atom is -0.358 e. The molecule has 0 spiro atoms. The van der Waals surface area contributed by atoms with Crippen LogP contribution in [0.15, 0.2) is 12.5 Å². The average molecular weight is 241 g/mol. The van der Waals surface area contributed by atoms with Crippen molar-refractivity contribution in [1.29, 1.82) is 0 Å². The summed E-state index contributed by atoms with van der Waals surface area (Å²) >= 11 is 6.06. The summed E-state index contributed by atoms with van der Waals surface area (Å²) in [4.78, 5) is 10.2. The highest BCUT2D eigenvalue weighted by Gasteiger charge is 2.16. The number of nitrogens with one attached hydrogen (secondary N) is 1. The monoisotopic (exact) mass is 240 g/mol. The number of anilines is 1. The lowest BCUT2D eigenvalue weighted by molar-refractivity contribution is 0.377. The van der Waals surface area contributed by atoms with Crippen LogP contribution in [0.25, 0.3) is 0 Å². The zero-order valence-corrected chi connectivity index (χ0v) is 10.2. The second-order valence-electron chi connectivity index (χ2n) is 4.27. The molecule has 0 radical (unpaired) electrons. The Hall–Kier alpha value is -0.870. The number of rotatable bonds is 3. The molecule has 1 fully saturated rings. The van der Waals surface area contributed by atoms with Crippen LogP contribution in [0.3, 0.4) is 0 Å². The topological polar surface area (TPSA) is 41.0 Å². The summed E-state index contributed by atoms with van der Waals surface area (Å²) < 4.78 is 0. The maximum absolute atomic E-state index is 6.06. The van der Waals surface area contributed by atoms with E-state index in [9.17, 15) is 0 Å². The van der Waals surface area contributed by atoms with Gasteiger partial charge in [-0.05, 0) is 31.8 Å². The van der Waals surface area contributed by atoms with Crippen LogP contribution in [-0.2, 0) is 0 Å². The van der Waals surface area contributed by atoms with Crippen molar-refractivity contribution in [1.82, 2.24) is 15.3 Å². The quantitative estimate of drug-likeness (QED) is 0.871. The lowest BCUT2D eigenvalue weighted by atomic mass is 9.98. The number of hydrogen-bond acceptors (Lipinski definition) is 4.